The molecule has 0 saturated carbocycles. The summed E-state index contributed by atoms with van der Waals surface area (Å²) in [7, 11) is 2.10. The zero-order chi connectivity index (χ0) is 20.5. The number of nitrogens with zero attached hydrogens (tertiary/aromatic N) is 3. The predicted molar refractivity (Wildman–Crippen MR) is 103 cm³/mol. The zero-order valence-corrected chi connectivity index (χ0v) is 16.7. The highest BCUT2D eigenvalue weighted by atomic mass is 28.3. The SMILES string of the molecule is C/N=[Si]1/C[C@@](C)(c2cc(NC(=O)c3ccc(F)cn3)ccc2F)NC(=N)N1C. The van der Waals surface area contributed by atoms with E-state index in [4.69, 9.17) is 5.41 Å². The molecule has 0 unspecified atom stereocenters. The first kappa shape index (κ1) is 19.7. The number of anilines is 1. The molecule has 0 spiro atoms. The minimum Gasteiger partial charge on any atom is -0.347 e. The number of halogens is 2. The second-order valence-corrected chi connectivity index (χ2v) is 9.00. The Hall–Kier alpha value is -3.01. The van der Waals surface area contributed by atoms with Crippen LogP contribution >= 0.6 is 0 Å². The number of guanidine groups is 1. The normalized spacial score (nSPS) is 20.8. The number of rotatable bonds is 3. The fourth-order valence-electron chi connectivity index (χ4n) is 3.08. The number of hydrogen-bond acceptors (Lipinski definition) is 4. The van der Waals surface area contributed by atoms with E-state index in [0.29, 0.717) is 17.3 Å². The molecule has 1 atom stereocenters. The van der Waals surface area contributed by atoms with Crippen LogP contribution in [-0.2, 0) is 5.54 Å². The van der Waals surface area contributed by atoms with Gasteiger partial charge in [-0.05, 0) is 37.3 Å². The summed E-state index contributed by atoms with van der Waals surface area (Å²) in [5.41, 5.74) is -0.0753. The average molecular weight is 402 g/mol. The molecule has 1 saturated heterocycles. The quantitative estimate of drug-likeness (QED) is 0.688. The van der Waals surface area contributed by atoms with Crippen molar-refractivity contribution in [3.8, 4) is 0 Å². The highest BCUT2D eigenvalue weighted by Crippen LogP contribution is 2.33. The van der Waals surface area contributed by atoms with Gasteiger partial charge < -0.3 is 19.8 Å². The Morgan fingerprint density at radius 2 is 2.14 bits per heavy atom. The molecule has 1 aromatic carbocycles. The Balaban J connectivity index is 1.90. The topological polar surface area (TPSA) is 93.5 Å². The lowest BCUT2D eigenvalue weighted by molar-refractivity contribution is 0.102. The van der Waals surface area contributed by atoms with Gasteiger partial charge in [0.25, 0.3) is 5.91 Å². The third-order valence-electron chi connectivity index (χ3n) is 4.67. The molecule has 3 N–H and O–H groups in total. The number of hydrogen-bond donors (Lipinski definition) is 3. The van der Waals surface area contributed by atoms with Crippen molar-refractivity contribution < 1.29 is 13.6 Å². The minimum atomic E-state index is -1.39. The predicted octanol–water partition coefficient (Wildman–Crippen LogP) is 2.68. The van der Waals surface area contributed by atoms with Crippen molar-refractivity contribution in [2.24, 2.45) is 4.63 Å². The molecule has 0 bridgehead atoms. The Morgan fingerprint density at radius 1 is 1.39 bits per heavy atom. The number of benzene rings is 1. The van der Waals surface area contributed by atoms with Gasteiger partial charge in [0, 0.05) is 31.4 Å². The lowest BCUT2D eigenvalue weighted by Gasteiger charge is -2.41. The number of carbonyl (C=O) groups excluding carboxylic acids is 1. The van der Waals surface area contributed by atoms with Crippen molar-refractivity contribution in [2.75, 3.05) is 19.4 Å². The van der Waals surface area contributed by atoms with Gasteiger partial charge in [-0.25, -0.2) is 13.8 Å². The molecule has 7 nitrogen and oxygen atoms in total. The van der Waals surface area contributed by atoms with Crippen LogP contribution in [0, 0.1) is 17.0 Å². The summed E-state index contributed by atoms with van der Waals surface area (Å²) < 4.78 is 33.8. The van der Waals surface area contributed by atoms with Crippen LogP contribution in [0.1, 0.15) is 23.0 Å². The molecule has 2 heterocycles. The molecule has 146 valence electrons. The van der Waals surface area contributed by atoms with E-state index in [1.165, 1.54) is 24.3 Å². The molecule has 2 aromatic rings. The summed E-state index contributed by atoms with van der Waals surface area (Å²) in [6.07, 6.45) is 0.956. The van der Waals surface area contributed by atoms with Crippen LogP contribution < -0.4 is 10.6 Å². The van der Waals surface area contributed by atoms with E-state index >= 15 is 0 Å². The number of pyridine rings is 1. The van der Waals surface area contributed by atoms with Crippen LogP contribution in [0.25, 0.3) is 0 Å². The Morgan fingerprint density at radius 3 is 2.79 bits per heavy atom. The molecule has 1 aliphatic heterocycles. The molecule has 1 fully saturated rings. The highest BCUT2D eigenvalue weighted by Gasteiger charge is 2.39. The molecule has 1 aromatic heterocycles. The summed E-state index contributed by atoms with van der Waals surface area (Å²) >= 11 is 0. The second kappa shape index (κ2) is 7.54. The van der Waals surface area contributed by atoms with Crippen molar-refractivity contribution in [3.05, 3.63) is 59.4 Å². The van der Waals surface area contributed by atoms with Gasteiger partial charge in [0.05, 0.1) is 11.7 Å². The first-order chi connectivity index (χ1) is 13.2. The molecule has 0 radical (unpaired) electrons. The summed E-state index contributed by atoms with van der Waals surface area (Å²) in [4.78, 5) is 16.1. The second-order valence-electron chi connectivity index (χ2n) is 6.69. The standard InChI is InChI=1S/C18H20F2N6OSi/c1-18(10-28(22-2)26(3)17(21)25-18)13-8-12(5-6-14(13)20)24-16(27)15-7-4-11(19)9-23-15/h4-9H,10H2,1-3H3,(H2,21,25)(H,24,27)/b28-22-/t18-/m0/s1. The maximum Gasteiger partial charge on any atom is 0.274 e. The van der Waals surface area contributed by atoms with Gasteiger partial charge >= 0.3 is 0 Å². The van der Waals surface area contributed by atoms with Gasteiger partial charge in [0.1, 0.15) is 17.3 Å². The maximum atomic E-state index is 14.6. The summed E-state index contributed by atoms with van der Waals surface area (Å²) in [5.74, 6) is -1.33. The van der Waals surface area contributed by atoms with Gasteiger partial charge in [-0.2, -0.15) is 0 Å². The third kappa shape index (κ3) is 3.81. The molecule has 0 aliphatic carbocycles. The van der Waals surface area contributed by atoms with Gasteiger partial charge in [-0.1, -0.05) is 0 Å². The number of carbonyl (C=O) groups is 1. The van der Waals surface area contributed by atoms with E-state index in [0.717, 1.165) is 12.3 Å². The van der Waals surface area contributed by atoms with Crippen LogP contribution in [-0.4, -0.2) is 44.3 Å². The van der Waals surface area contributed by atoms with E-state index in [2.05, 4.69) is 20.3 Å². The molecule has 1 amide bonds. The molecule has 1 aliphatic rings. The average Bonchev–Trinajstić information content (AvgIpc) is 2.66. The Bertz CT molecular complexity index is 965. The minimum absolute atomic E-state index is 0.0490. The van der Waals surface area contributed by atoms with E-state index in [1.54, 1.807) is 18.7 Å². The van der Waals surface area contributed by atoms with Crippen molar-refractivity contribution in [1.82, 2.24) is 14.9 Å². The molecular formula is C18H20F2N6OSi. The summed E-state index contributed by atoms with van der Waals surface area (Å²) in [6, 6.07) is 7.21. The van der Waals surface area contributed by atoms with Gasteiger partial charge in [-0.15, -0.1) is 0 Å². The maximum absolute atomic E-state index is 14.6. The monoisotopic (exact) mass is 402 g/mol. The van der Waals surface area contributed by atoms with Crippen LogP contribution in [0.4, 0.5) is 14.5 Å². The number of amides is 1. The molecular weight excluding hydrogens is 382 g/mol. The number of nitrogens with one attached hydrogen (secondary N) is 3. The van der Waals surface area contributed by atoms with Gasteiger partial charge in [0.2, 0.25) is 8.75 Å². The van der Waals surface area contributed by atoms with E-state index < -0.39 is 31.8 Å². The lowest BCUT2D eigenvalue weighted by atomic mass is 9.92. The lowest BCUT2D eigenvalue weighted by Crippen LogP contribution is -2.59. The Kier molecular flexibility index (Phi) is 5.32. The van der Waals surface area contributed by atoms with Crippen molar-refractivity contribution >= 4 is 26.3 Å². The first-order valence-electron chi connectivity index (χ1n) is 8.52. The molecule has 28 heavy (non-hydrogen) atoms. The zero-order valence-electron chi connectivity index (χ0n) is 15.7. The van der Waals surface area contributed by atoms with Crippen LogP contribution in [0.15, 0.2) is 41.2 Å². The van der Waals surface area contributed by atoms with E-state index in [1.807, 2.05) is 6.92 Å². The smallest absolute Gasteiger partial charge is 0.274 e. The molecule has 3 rings (SSSR count). The summed E-state index contributed by atoms with van der Waals surface area (Å²) in [5, 5.41) is 13.8. The van der Waals surface area contributed by atoms with E-state index in [9.17, 15) is 13.6 Å². The third-order valence-corrected chi connectivity index (χ3v) is 7.20. The fraction of sp³-hybridized carbons (Fsp3) is 0.278. The largest absolute Gasteiger partial charge is 0.347 e. The molecule has 10 heteroatoms. The first-order valence-corrected chi connectivity index (χ1v) is 10.1. The fourth-order valence-corrected chi connectivity index (χ4v) is 5.00. The van der Waals surface area contributed by atoms with Gasteiger partial charge in [-0.3, -0.25) is 10.2 Å². The van der Waals surface area contributed by atoms with E-state index in [-0.39, 0.29) is 11.7 Å². The van der Waals surface area contributed by atoms with Crippen LogP contribution in [0.3, 0.4) is 0 Å². The Labute approximate surface area is 162 Å². The van der Waals surface area contributed by atoms with Crippen molar-refractivity contribution in [1.29, 1.82) is 5.41 Å². The van der Waals surface area contributed by atoms with Crippen molar-refractivity contribution in [3.63, 3.8) is 0 Å². The number of aromatic nitrogens is 1. The van der Waals surface area contributed by atoms with Gasteiger partial charge in [0.15, 0.2) is 5.96 Å². The van der Waals surface area contributed by atoms with Crippen molar-refractivity contribution in [2.45, 2.75) is 18.5 Å². The highest BCUT2D eigenvalue weighted by molar-refractivity contribution is 6.48. The van der Waals surface area contributed by atoms with Crippen LogP contribution in [0.2, 0.25) is 6.04 Å². The summed E-state index contributed by atoms with van der Waals surface area (Å²) in [6.45, 7) is 1.82. The van der Waals surface area contributed by atoms with Crippen LogP contribution in [0.5, 0.6) is 0 Å².